The molecule has 3 rings (SSSR count). The molecule has 0 N–H and O–H groups in total. The van der Waals surface area contributed by atoms with Gasteiger partial charge in [-0.3, -0.25) is 0 Å². The lowest BCUT2D eigenvalue weighted by atomic mass is 9.90. The van der Waals surface area contributed by atoms with Crippen molar-refractivity contribution in [3.63, 3.8) is 0 Å². The molecule has 0 unspecified atom stereocenters. The van der Waals surface area contributed by atoms with Crippen LogP contribution in [0.1, 0.15) is 24.3 Å². The molecule has 1 aromatic carbocycles. The zero-order valence-corrected chi connectivity index (χ0v) is 14.1. The van der Waals surface area contributed by atoms with Crippen molar-refractivity contribution in [1.29, 1.82) is 0 Å². The van der Waals surface area contributed by atoms with E-state index >= 15 is 0 Å². The van der Waals surface area contributed by atoms with Crippen LogP contribution in [0, 0.1) is 0 Å². The minimum absolute atomic E-state index is 0.377. The van der Waals surface area contributed by atoms with Crippen LogP contribution in [0.15, 0.2) is 36.7 Å². The molecular weight excluding hydrogens is 322 g/mol. The maximum absolute atomic E-state index is 12.6. The van der Waals surface area contributed by atoms with Gasteiger partial charge in [0, 0.05) is 37.6 Å². The second-order valence-corrected chi connectivity index (χ2v) is 8.14. The zero-order chi connectivity index (χ0) is 15.7. The van der Waals surface area contributed by atoms with Gasteiger partial charge in [0.25, 0.3) is 0 Å². The summed E-state index contributed by atoms with van der Waals surface area (Å²) in [6.45, 7) is 1.48. The molecule has 0 amide bonds. The molecular formula is C15H20ClN3O2S. The zero-order valence-electron chi connectivity index (χ0n) is 12.5. The van der Waals surface area contributed by atoms with Gasteiger partial charge in [-0.25, -0.2) is 4.31 Å². The average molecular weight is 342 g/mol. The molecule has 0 aliphatic carbocycles. The van der Waals surface area contributed by atoms with E-state index in [1.165, 1.54) is 9.87 Å². The summed E-state index contributed by atoms with van der Waals surface area (Å²) in [5, 5.41) is 0.734. The predicted octanol–water partition coefficient (Wildman–Crippen LogP) is 2.44. The van der Waals surface area contributed by atoms with Crippen molar-refractivity contribution in [2.24, 2.45) is 0 Å². The number of hydrogen-bond donors (Lipinski definition) is 0. The molecule has 0 spiro atoms. The molecule has 0 radical (unpaired) electrons. The lowest BCUT2D eigenvalue weighted by Crippen LogP contribution is -2.45. The Kier molecular flexibility index (Phi) is 4.34. The first-order valence-electron chi connectivity index (χ1n) is 7.38. The summed E-state index contributed by atoms with van der Waals surface area (Å²) >= 11 is 6.04. The fourth-order valence-corrected chi connectivity index (χ4v) is 4.68. The van der Waals surface area contributed by atoms with Crippen molar-refractivity contribution in [2.75, 3.05) is 26.8 Å². The van der Waals surface area contributed by atoms with E-state index in [1.54, 1.807) is 16.7 Å². The Morgan fingerprint density at radius 2 is 1.91 bits per heavy atom. The Bertz CT molecular complexity index is 669. The first-order valence-corrected chi connectivity index (χ1v) is 9.15. The van der Waals surface area contributed by atoms with Gasteiger partial charge in [0.15, 0.2) is 0 Å². The Balaban J connectivity index is 1.65. The molecule has 22 heavy (non-hydrogen) atoms. The standard InChI is InChI=1S/C15H20ClN3O2S/c1-17-9-10-19(12-17)22(20,21)18-7-5-13(6-8-18)14-3-2-4-15(16)11-14/h2-4,9-11,13H,5-8,12H2,1H3. The SMILES string of the molecule is CN1C=CN(S(=O)(=O)N2CCC(c3cccc(Cl)c3)CC2)C1. The van der Waals surface area contributed by atoms with E-state index in [1.807, 2.05) is 30.1 Å². The molecule has 0 aromatic heterocycles. The molecule has 1 saturated heterocycles. The minimum atomic E-state index is -3.40. The Morgan fingerprint density at radius 1 is 1.18 bits per heavy atom. The van der Waals surface area contributed by atoms with Gasteiger partial charge in [-0.2, -0.15) is 12.7 Å². The van der Waals surface area contributed by atoms with E-state index in [0.717, 1.165) is 17.9 Å². The lowest BCUT2D eigenvalue weighted by molar-refractivity contribution is 0.290. The van der Waals surface area contributed by atoms with Crippen molar-refractivity contribution < 1.29 is 8.42 Å². The largest absolute Gasteiger partial charge is 0.361 e. The van der Waals surface area contributed by atoms with E-state index in [2.05, 4.69) is 6.07 Å². The normalized spacial score (nSPS) is 20.8. The predicted molar refractivity (Wildman–Crippen MR) is 87.5 cm³/mol. The molecule has 2 heterocycles. The molecule has 0 bridgehead atoms. The van der Waals surface area contributed by atoms with Crippen LogP contribution in [-0.4, -0.2) is 48.7 Å². The van der Waals surface area contributed by atoms with E-state index < -0.39 is 10.2 Å². The first kappa shape index (κ1) is 15.6. The van der Waals surface area contributed by atoms with Gasteiger partial charge in [0.2, 0.25) is 0 Å². The van der Waals surface area contributed by atoms with Gasteiger partial charge in [-0.05, 0) is 36.5 Å². The number of hydrogen-bond acceptors (Lipinski definition) is 3. The topological polar surface area (TPSA) is 43.9 Å². The highest BCUT2D eigenvalue weighted by Gasteiger charge is 2.33. The van der Waals surface area contributed by atoms with Crippen molar-refractivity contribution >= 4 is 21.8 Å². The summed E-state index contributed by atoms with van der Waals surface area (Å²) in [7, 11) is -1.54. The quantitative estimate of drug-likeness (QED) is 0.848. The second kappa shape index (κ2) is 6.10. The van der Waals surface area contributed by atoms with Gasteiger partial charge in [0.1, 0.15) is 6.67 Å². The lowest BCUT2D eigenvalue weighted by Gasteiger charge is -2.34. The minimum Gasteiger partial charge on any atom is -0.361 e. The summed E-state index contributed by atoms with van der Waals surface area (Å²) in [6, 6.07) is 7.86. The monoisotopic (exact) mass is 341 g/mol. The van der Waals surface area contributed by atoms with Crippen LogP contribution < -0.4 is 0 Å². The van der Waals surface area contributed by atoms with Crippen molar-refractivity contribution in [1.82, 2.24) is 13.5 Å². The Morgan fingerprint density at radius 3 is 2.50 bits per heavy atom. The average Bonchev–Trinajstić information content (AvgIpc) is 2.95. The second-order valence-electron chi connectivity index (χ2n) is 5.82. The summed E-state index contributed by atoms with van der Waals surface area (Å²) in [5.74, 6) is 0.377. The first-order chi connectivity index (χ1) is 10.5. The molecule has 0 atom stereocenters. The van der Waals surface area contributed by atoms with Gasteiger partial charge in [0.05, 0.1) is 0 Å². The summed E-state index contributed by atoms with van der Waals surface area (Å²) < 4.78 is 28.1. The van der Waals surface area contributed by atoms with Crippen molar-refractivity contribution in [3.05, 3.63) is 47.3 Å². The molecule has 5 nitrogen and oxygen atoms in total. The molecule has 7 heteroatoms. The van der Waals surface area contributed by atoms with Crippen LogP contribution in [0.4, 0.5) is 0 Å². The van der Waals surface area contributed by atoms with Crippen LogP contribution in [-0.2, 0) is 10.2 Å². The van der Waals surface area contributed by atoms with Crippen LogP contribution >= 0.6 is 11.6 Å². The maximum Gasteiger partial charge on any atom is 0.305 e. The third-order valence-electron chi connectivity index (χ3n) is 4.25. The fourth-order valence-electron chi connectivity index (χ4n) is 2.98. The molecule has 1 aromatic rings. The van der Waals surface area contributed by atoms with Crippen LogP contribution in [0.3, 0.4) is 0 Å². The molecule has 120 valence electrons. The highest BCUT2D eigenvalue weighted by Crippen LogP contribution is 2.31. The smallest absolute Gasteiger partial charge is 0.305 e. The number of nitrogens with zero attached hydrogens (tertiary/aromatic N) is 3. The van der Waals surface area contributed by atoms with E-state index in [9.17, 15) is 8.42 Å². The van der Waals surface area contributed by atoms with Crippen molar-refractivity contribution in [2.45, 2.75) is 18.8 Å². The fraction of sp³-hybridized carbons (Fsp3) is 0.467. The van der Waals surface area contributed by atoms with E-state index in [4.69, 9.17) is 11.6 Å². The van der Waals surface area contributed by atoms with Crippen LogP contribution in [0.25, 0.3) is 0 Å². The maximum atomic E-state index is 12.6. The number of piperidine rings is 1. The summed E-state index contributed by atoms with van der Waals surface area (Å²) in [5.41, 5.74) is 1.20. The third kappa shape index (κ3) is 3.09. The van der Waals surface area contributed by atoms with Gasteiger partial charge >= 0.3 is 10.2 Å². The Hall–Kier alpha value is -1.24. The number of benzene rings is 1. The Labute approximate surface area is 136 Å². The van der Waals surface area contributed by atoms with E-state index in [-0.39, 0.29) is 0 Å². The highest BCUT2D eigenvalue weighted by molar-refractivity contribution is 7.86. The van der Waals surface area contributed by atoms with Crippen LogP contribution in [0.5, 0.6) is 0 Å². The number of rotatable bonds is 3. The van der Waals surface area contributed by atoms with Crippen LogP contribution in [0.2, 0.25) is 5.02 Å². The summed E-state index contributed by atoms with van der Waals surface area (Å²) in [6.07, 6.45) is 5.05. The van der Waals surface area contributed by atoms with E-state index in [0.29, 0.717) is 25.7 Å². The highest BCUT2D eigenvalue weighted by atomic mass is 35.5. The molecule has 2 aliphatic rings. The van der Waals surface area contributed by atoms with Gasteiger partial charge in [-0.15, -0.1) is 0 Å². The van der Waals surface area contributed by atoms with Gasteiger partial charge in [-0.1, -0.05) is 23.7 Å². The van der Waals surface area contributed by atoms with Gasteiger partial charge < -0.3 is 4.90 Å². The molecule has 2 aliphatic heterocycles. The molecule has 0 saturated carbocycles. The summed E-state index contributed by atoms with van der Waals surface area (Å²) in [4.78, 5) is 1.84. The molecule has 1 fully saturated rings. The van der Waals surface area contributed by atoms with Crippen molar-refractivity contribution in [3.8, 4) is 0 Å². The number of halogens is 1. The third-order valence-corrected chi connectivity index (χ3v) is 6.33.